The zero-order chi connectivity index (χ0) is 26.7. The van der Waals surface area contributed by atoms with E-state index in [0.717, 1.165) is 16.0 Å². The van der Waals surface area contributed by atoms with Gasteiger partial charge in [-0.05, 0) is 53.6 Å². The van der Waals surface area contributed by atoms with E-state index in [1.807, 2.05) is 41.4 Å². The van der Waals surface area contributed by atoms with Crippen molar-refractivity contribution < 1.29 is 23.9 Å². The fourth-order valence-corrected chi connectivity index (χ4v) is 6.46. The molecule has 0 spiro atoms. The van der Waals surface area contributed by atoms with E-state index >= 15 is 0 Å². The molecule has 3 aromatic carbocycles. The number of hydrogen-bond acceptors (Lipinski definition) is 6. The molecule has 0 aliphatic carbocycles. The number of anilines is 1. The van der Waals surface area contributed by atoms with E-state index in [9.17, 15) is 14.4 Å². The van der Waals surface area contributed by atoms with Gasteiger partial charge in [-0.25, -0.2) is 4.90 Å². The van der Waals surface area contributed by atoms with Crippen LogP contribution in [-0.4, -0.2) is 42.8 Å². The minimum atomic E-state index is -0.952. The third kappa shape index (κ3) is 3.61. The van der Waals surface area contributed by atoms with Crippen LogP contribution in [0.1, 0.15) is 27.5 Å². The third-order valence-corrected chi connectivity index (χ3v) is 7.94. The second kappa shape index (κ2) is 9.19. The molecule has 3 aliphatic rings. The van der Waals surface area contributed by atoms with Gasteiger partial charge < -0.3 is 14.4 Å². The Morgan fingerprint density at radius 2 is 1.58 bits per heavy atom. The third-order valence-electron chi connectivity index (χ3n) is 7.51. The zero-order valence-corrected chi connectivity index (χ0v) is 21.9. The molecule has 2 saturated heterocycles. The molecule has 2 fully saturated rings. The van der Waals surface area contributed by atoms with Crippen LogP contribution in [-0.2, 0) is 9.59 Å². The van der Waals surface area contributed by atoms with E-state index in [2.05, 4.69) is 0 Å². The highest BCUT2D eigenvalue weighted by Crippen LogP contribution is 2.54. The van der Waals surface area contributed by atoms with Gasteiger partial charge in [0.05, 0.1) is 43.3 Å². The molecule has 38 heavy (non-hydrogen) atoms. The van der Waals surface area contributed by atoms with Gasteiger partial charge in [-0.15, -0.1) is 0 Å². The Balaban J connectivity index is 1.52. The summed E-state index contributed by atoms with van der Waals surface area (Å²) in [5, 5.41) is 0.595. The number of carbonyl (C=O) groups excluding carboxylic acids is 3. The number of carbonyl (C=O) groups is 3. The Labute approximate surface area is 229 Å². The van der Waals surface area contributed by atoms with E-state index in [0.29, 0.717) is 21.5 Å². The summed E-state index contributed by atoms with van der Waals surface area (Å²) < 4.78 is 10.8. The Bertz CT molecular complexity index is 1520. The number of ether oxygens (including phenoxy) is 2. The molecule has 4 atom stereocenters. The Morgan fingerprint density at radius 3 is 2.29 bits per heavy atom. The number of benzene rings is 3. The fourth-order valence-electron chi connectivity index (χ4n) is 5.95. The predicted octanol–water partition coefficient (Wildman–Crippen LogP) is 5.41. The number of imide groups is 1. The number of nitrogens with zero attached hydrogens (tertiary/aromatic N) is 2. The number of methoxy groups -OCH3 is 2. The number of fused-ring (bicyclic) bond motifs is 5. The van der Waals surface area contributed by atoms with Crippen molar-refractivity contribution in [3.63, 3.8) is 0 Å². The summed E-state index contributed by atoms with van der Waals surface area (Å²) in [5.74, 6) is -2.11. The van der Waals surface area contributed by atoms with E-state index in [4.69, 9.17) is 32.7 Å². The standard InChI is InChI=1S/C29H22Cl2N2O5/c1-37-19-7-8-22(38-2)21(14-19)27(34)26-24-23(25-20-6-4-3-5-15(20)9-10-32(25)26)28(35)33(29(24)36)18-12-16(30)11-17(31)13-18/h3-14,23-26H,1-2H3/t23-,24-,25+,26+/m0/s1. The average molecular weight is 549 g/mol. The van der Waals surface area contributed by atoms with Crippen molar-refractivity contribution in [3.05, 3.63) is 93.6 Å². The first-order valence-corrected chi connectivity index (χ1v) is 12.7. The lowest BCUT2D eigenvalue weighted by Crippen LogP contribution is -2.44. The number of Topliss-reactive ketones (excluding diaryl/α,β-unsaturated/α-hetero) is 1. The Kier molecular flexibility index (Phi) is 5.93. The molecular weight excluding hydrogens is 527 g/mol. The summed E-state index contributed by atoms with van der Waals surface area (Å²) in [4.78, 5) is 45.3. The first-order chi connectivity index (χ1) is 18.3. The van der Waals surface area contributed by atoms with Crippen molar-refractivity contribution in [3.8, 4) is 11.5 Å². The molecule has 7 nitrogen and oxygen atoms in total. The number of amides is 2. The van der Waals surface area contributed by atoms with Gasteiger partial charge >= 0.3 is 0 Å². The number of hydrogen-bond donors (Lipinski definition) is 0. The molecule has 9 heteroatoms. The second-order valence-corrected chi connectivity index (χ2v) is 10.3. The SMILES string of the molecule is COc1ccc(OC)c(C(=O)[C@H]2[C@H]3C(=O)N(c4cc(Cl)cc(Cl)c4)C(=O)[C@@H]3[C@H]3c4ccccc4C=CN32)c1. The lowest BCUT2D eigenvalue weighted by molar-refractivity contribution is -0.123. The number of halogens is 2. The van der Waals surface area contributed by atoms with Gasteiger partial charge in [-0.1, -0.05) is 47.5 Å². The van der Waals surface area contributed by atoms with Crippen LogP contribution in [0.25, 0.3) is 6.08 Å². The predicted molar refractivity (Wildman–Crippen MR) is 144 cm³/mol. The summed E-state index contributed by atoms with van der Waals surface area (Å²) in [6.07, 6.45) is 3.71. The summed E-state index contributed by atoms with van der Waals surface area (Å²) in [6, 6.07) is 15.8. The van der Waals surface area contributed by atoms with Gasteiger partial charge in [0, 0.05) is 16.2 Å². The van der Waals surface area contributed by atoms with E-state index in [-0.39, 0.29) is 17.0 Å². The van der Waals surface area contributed by atoms with E-state index < -0.39 is 35.7 Å². The van der Waals surface area contributed by atoms with Crippen molar-refractivity contribution in [1.82, 2.24) is 4.90 Å². The van der Waals surface area contributed by atoms with Crippen molar-refractivity contribution >= 4 is 52.6 Å². The van der Waals surface area contributed by atoms with Crippen LogP contribution in [0.3, 0.4) is 0 Å². The molecule has 3 aromatic rings. The van der Waals surface area contributed by atoms with Gasteiger partial charge in [0.1, 0.15) is 17.5 Å². The maximum Gasteiger partial charge on any atom is 0.240 e. The number of rotatable bonds is 5. The minimum Gasteiger partial charge on any atom is -0.497 e. The van der Waals surface area contributed by atoms with Crippen LogP contribution in [0.15, 0.2) is 66.9 Å². The van der Waals surface area contributed by atoms with Crippen LogP contribution in [0.5, 0.6) is 11.5 Å². The Morgan fingerprint density at radius 1 is 0.868 bits per heavy atom. The maximum atomic E-state index is 14.3. The molecule has 0 N–H and O–H groups in total. The monoisotopic (exact) mass is 548 g/mol. The van der Waals surface area contributed by atoms with Crippen LogP contribution >= 0.6 is 23.2 Å². The minimum absolute atomic E-state index is 0.271. The second-order valence-electron chi connectivity index (χ2n) is 9.40. The normalized spacial score (nSPS) is 23.3. The summed E-state index contributed by atoms with van der Waals surface area (Å²) in [6.45, 7) is 0. The summed E-state index contributed by atoms with van der Waals surface area (Å²) in [7, 11) is 2.99. The molecular formula is C29H22Cl2N2O5. The highest BCUT2D eigenvalue weighted by molar-refractivity contribution is 6.36. The fraction of sp³-hybridized carbons (Fsp3) is 0.207. The van der Waals surface area contributed by atoms with Crippen molar-refractivity contribution in [2.75, 3.05) is 19.1 Å². The van der Waals surface area contributed by atoms with Gasteiger partial charge in [-0.2, -0.15) is 0 Å². The average Bonchev–Trinajstić information content (AvgIpc) is 3.39. The molecule has 0 unspecified atom stereocenters. The highest BCUT2D eigenvalue weighted by atomic mass is 35.5. The topological polar surface area (TPSA) is 76.1 Å². The van der Waals surface area contributed by atoms with Gasteiger partial charge in [0.25, 0.3) is 0 Å². The molecule has 6 rings (SSSR count). The van der Waals surface area contributed by atoms with Crippen molar-refractivity contribution in [2.45, 2.75) is 12.1 Å². The summed E-state index contributed by atoms with van der Waals surface area (Å²) in [5.41, 5.74) is 2.37. The molecule has 0 saturated carbocycles. The van der Waals surface area contributed by atoms with Gasteiger partial charge in [0.15, 0.2) is 5.78 Å². The van der Waals surface area contributed by atoms with E-state index in [1.54, 1.807) is 18.2 Å². The molecule has 192 valence electrons. The van der Waals surface area contributed by atoms with Gasteiger partial charge in [0.2, 0.25) is 11.8 Å². The number of ketones is 1. The molecule has 0 radical (unpaired) electrons. The van der Waals surface area contributed by atoms with E-state index in [1.165, 1.54) is 32.4 Å². The van der Waals surface area contributed by atoms with Crippen molar-refractivity contribution in [2.24, 2.45) is 11.8 Å². The molecule has 0 bridgehead atoms. The maximum absolute atomic E-state index is 14.3. The smallest absolute Gasteiger partial charge is 0.240 e. The van der Waals surface area contributed by atoms with Crippen LogP contribution in [0, 0.1) is 11.8 Å². The van der Waals surface area contributed by atoms with Crippen molar-refractivity contribution in [1.29, 1.82) is 0 Å². The first-order valence-electron chi connectivity index (χ1n) is 12.0. The first kappa shape index (κ1) is 24.5. The largest absolute Gasteiger partial charge is 0.497 e. The summed E-state index contributed by atoms with van der Waals surface area (Å²) >= 11 is 12.4. The molecule has 3 aliphatic heterocycles. The van der Waals surface area contributed by atoms with Crippen LogP contribution < -0.4 is 14.4 Å². The molecule has 0 aromatic heterocycles. The van der Waals surface area contributed by atoms with Crippen LogP contribution in [0.2, 0.25) is 10.0 Å². The lowest BCUT2D eigenvalue weighted by atomic mass is 9.83. The molecule has 2 amide bonds. The van der Waals surface area contributed by atoms with Gasteiger partial charge in [-0.3, -0.25) is 14.4 Å². The quantitative estimate of drug-likeness (QED) is 0.313. The highest BCUT2D eigenvalue weighted by Gasteiger charge is 2.64. The Hall–Kier alpha value is -3.81. The zero-order valence-electron chi connectivity index (χ0n) is 20.4. The van der Waals surface area contributed by atoms with Crippen LogP contribution in [0.4, 0.5) is 5.69 Å². The molecule has 3 heterocycles. The lowest BCUT2D eigenvalue weighted by Gasteiger charge is -2.35.